The van der Waals surface area contributed by atoms with Crippen LogP contribution >= 0.6 is 24.0 Å². The van der Waals surface area contributed by atoms with E-state index in [2.05, 4.69) is 44.4 Å². The first kappa shape index (κ1) is 23.2. The van der Waals surface area contributed by atoms with Gasteiger partial charge in [-0.05, 0) is 44.0 Å². The SMILES string of the molecule is CCNC(=NCCCCn1cnnc1)N1CCN(c2ccc(OC)cc2)CC1.I. The van der Waals surface area contributed by atoms with Crippen LogP contribution in [0.15, 0.2) is 41.9 Å². The second-order valence-corrected chi connectivity index (χ2v) is 6.81. The van der Waals surface area contributed by atoms with Crippen LogP contribution in [0.4, 0.5) is 5.69 Å². The highest BCUT2D eigenvalue weighted by atomic mass is 127. The Labute approximate surface area is 190 Å². The molecule has 1 aromatic heterocycles. The van der Waals surface area contributed by atoms with E-state index in [1.807, 2.05) is 16.7 Å². The molecule has 1 fully saturated rings. The van der Waals surface area contributed by atoms with Crippen LogP contribution in [0.25, 0.3) is 0 Å². The number of rotatable bonds is 8. The maximum absolute atomic E-state index is 5.25. The van der Waals surface area contributed by atoms with Gasteiger partial charge in [0.2, 0.25) is 0 Å². The molecule has 3 rings (SSSR count). The lowest BCUT2D eigenvalue weighted by Gasteiger charge is -2.37. The van der Waals surface area contributed by atoms with Gasteiger partial charge in [-0.1, -0.05) is 0 Å². The Kier molecular flexibility index (Phi) is 10.0. The molecule has 29 heavy (non-hydrogen) atoms. The quantitative estimate of drug-likeness (QED) is 0.253. The van der Waals surface area contributed by atoms with E-state index in [0.717, 1.165) is 70.4 Å². The summed E-state index contributed by atoms with van der Waals surface area (Å²) < 4.78 is 7.26. The summed E-state index contributed by atoms with van der Waals surface area (Å²) >= 11 is 0. The summed E-state index contributed by atoms with van der Waals surface area (Å²) in [6.07, 6.45) is 5.65. The first-order chi connectivity index (χ1) is 13.8. The predicted octanol–water partition coefficient (Wildman–Crippen LogP) is 2.47. The number of unbranched alkanes of at least 4 members (excludes halogenated alkanes) is 1. The molecule has 1 aliphatic rings. The number of halogens is 1. The number of guanidine groups is 1. The van der Waals surface area contributed by atoms with Crippen molar-refractivity contribution in [3.05, 3.63) is 36.9 Å². The van der Waals surface area contributed by atoms with Gasteiger partial charge in [-0.15, -0.1) is 34.2 Å². The highest BCUT2D eigenvalue weighted by Gasteiger charge is 2.19. The largest absolute Gasteiger partial charge is 0.497 e. The second-order valence-electron chi connectivity index (χ2n) is 6.81. The minimum absolute atomic E-state index is 0. The van der Waals surface area contributed by atoms with Crippen molar-refractivity contribution >= 4 is 35.6 Å². The molecule has 8 nitrogen and oxygen atoms in total. The number of aliphatic imine (C=N–C) groups is 1. The van der Waals surface area contributed by atoms with Crippen LogP contribution in [0.2, 0.25) is 0 Å². The maximum atomic E-state index is 5.25. The van der Waals surface area contributed by atoms with Crippen molar-refractivity contribution < 1.29 is 4.74 Å². The lowest BCUT2D eigenvalue weighted by atomic mass is 10.2. The van der Waals surface area contributed by atoms with Crippen LogP contribution in [0, 0.1) is 0 Å². The van der Waals surface area contributed by atoms with Crippen molar-refractivity contribution in [3.8, 4) is 5.75 Å². The van der Waals surface area contributed by atoms with E-state index in [0.29, 0.717) is 0 Å². The van der Waals surface area contributed by atoms with Crippen molar-refractivity contribution in [2.24, 2.45) is 4.99 Å². The van der Waals surface area contributed by atoms with Gasteiger partial charge in [-0.2, -0.15) is 0 Å². The van der Waals surface area contributed by atoms with Crippen LogP contribution in [-0.2, 0) is 6.54 Å². The molecule has 2 heterocycles. The van der Waals surface area contributed by atoms with Crippen LogP contribution in [-0.4, -0.2) is 72.0 Å². The van der Waals surface area contributed by atoms with Gasteiger partial charge in [0.1, 0.15) is 18.4 Å². The van der Waals surface area contributed by atoms with Gasteiger partial charge in [0, 0.05) is 51.5 Å². The molecule has 0 spiro atoms. The molecular formula is C20H32IN7O. The highest BCUT2D eigenvalue weighted by Crippen LogP contribution is 2.20. The number of hydrogen-bond donors (Lipinski definition) is 1. The number of anilines is 1. The third kappa shape index (κ3) is 7.06. The Balaban J connectivity index is 0.00000300. The Hall–Kier alpha value is -2.04. The highest BCUT2D eigenvalue weighted by molar-refractivity contribution is 14.0. The average Bonchev–Trinajstić information content (AvgIpc) is 3.26. The fraction of sp³-hybridized carbons (Fsp3) is 0.550. The molecule has 1 aromatic carbocycles. The number of aryl methyl sites for hydroxylation is 1. The monoisotopic (exact) mass is 513 g/mol. The van der Waals surface area contributed by atoms with Crippen molar-refractivity contribution in [1.29, 1.82) is 0 Å². The normalized spacial score (nSPS) is 14.5. The Bertz CT molecular complexity index is 713. The van der Waals surface area contributed by atoms with Gasteiger partial charge in [-0.25, -0.2) is 0 Å². The smallest absolute Gasteiger partial charge is 0.194 e. The van der Waals surface area contributed by atoms with Crippen molar-refractivity contribution in [2.45, 2.75) is 26.3 Å². The molecule has 9 heteroatoms. The van der Waals surface area contributed by atoms with Crippen molar-refractivity contribution in [3.63, 3.8) is 0 Å². The summed E-state index contributed by atoms with van der Waals surface area (Å²) in [5.41, 5.74) is 1.25. The zero-order valence-electron chi connectivity index (χ0n) is 17.3. The lowest BCUT2D eigenvalue weighted by Crippen LogP contribution is -2.52. The maximum Gasteiger partial charge on any atom is 0.194 e. The fourth-order valence-corrected chi connectivity index (χ4v) is 3.32. The van der Waals surface area contributed by atoms with Crippen LogP contribution in [0.1, 0.15) is 19.8 Å². The number of piperazine rings is 1. The second kappa shape index (κ2) is 12.5. The Morgan fingerprint density at radius 3 is 2.38 bits per heavy atom. The third-order valence-corrected chi connectivity index (χ3v) is 4.90. The predicted molar refractivity (Wildman–Crippen MR) is 127 cm³/mol. The van der Waals surface area contributed by atoms with Crippen molar-refractivity contribution in [2.75, 3.05) is 51.3 Å². The Morgan fingerprint density at radius 1 is 1.07 bits per heavy atom. The van der Waals surface area contributed by atoms with E-state index in [1.54, 1.807) is 19.8 Å². The number of nitrogens with zero attached hydrogens (tertiary/aromatic N) is 6. The first-order valence-electron chi connectivity index (χ1n) is 10.0. The summed E-state index contributed by atoms with van der Waals surface area (Å²) in [5, 5.41) is 11.1. The van der Waals surface area contributed by atoms with Gasteiger partial charge < -0.3 is 24.4 Å². The minimum atomic E-state index is 0. The fourth-order valence-electron chi connectivity index (χ4n) is 3.32. The third-order valence-electron chi connectivity index (χ3n) is 4.90. The molecule has 2 aromatic rings. The number of methoxy groups -OCH3 is 1. The van der Waals surface area contributed by atoms with E-state index < -0.39 is 0 Å². The minimum Gasteiger partial charge on any atom is -0.497 e. The zero-order valence-corrected chi connectivity index (χ0v) is 19.7. The summed E-state index contributed by atoms with van der Waals surface area (Å²) in [6.45, 7) is 8.71. The zero-order chi connectivity index (χ0) is 19.6. The molecule has 1 saturated heterocycles. The van der Waals surface area contributed by atoms with E-state index in [9.17, 15) is 0 Å². The van der Waals surface area contributed by atoms with E-state index in [-0.39, 0.29) is 24.0 Å². The number of nitrogens with one attached hydrogen (secondary N) is 1. The molecule has 0 aliphatic carbocycles. The van der Waals surface area contributed by atoms with Gasteiger partial charge in [0.15, 0.2) is 5.96 Å². The average molecular weight is 513 g/mol. The molecule has 0 unspecified atom stereocenters. The van der Waals surface area contributed by atoms with Gasteiger partial charge >= 0.3 is 0 Å². The summed E-state index contributed by atoms with van der Waals surface area (Å²) in [4.78, 5) is 9.61. The molecule has 1 aliphatic heterocycles. The molecule has 0 bridgehead atoms. The van der Waals surface area contributed by atoms with Crippen LogP contribution < -0.4 is 15.0 Å². The molecule has 0 radical (unpaired) electrons. The van der Waals surface area contributed by atoms with Gasteiger partial charge in [0.25, 0.3) is 0 Å². The Morgan fingerprint density at radius 2 is 1.76 bits per heavy atom. The van der Waals surface area contributed by atoms with E-state index in [4.69, 9.17) is 9.73 Å². The molecule has 1 N–H and O–H groups in total. The van der Waals surface area contributed by atoms with E-state index >= 15 is 0 Å². The number of hydrogen-bond acceptors (Lipinski definition) is 5. The van der Waals surface area contributed by atoms with Gasteiger partial charge in [-0.3, -0.25) is 4.99 Å². The lowest BCUT2D eigenvalue weighted by molar-refractivity contribution is 0.372. The summed E-state index contributed by atoms with van der Waals surface area (Å²) in [5.74, 6) is 1.93. The summed E-state index contributed by atoms with van der Waals surface area (Å²) in [7, 11) is 1.70. The van der Waals surface area contributed by atoms with Gasteiger partial charge in [0.05, 0.1) is 7.11 Å². The topological polar surface area (TPSA) is 70.8 Å². The molecule has 0 atom stereocenters. The van der Waals surface area contributed by atoms with Crippen LogP contribution in [0.3, 0.4) is 0 Å². The first-order valence-corrected chi connectivity index (χ1v) is 10.0. The standard InChI is InChI=1S/C20H31N7O.HI/c1-3-21-20(22-10-4-5-11-25-16-23-24-17-25)27-14-12-26(13-15-27)18-6-8-19(28-2)9-7-18;/h6-9,16-17H,3-5,10-15H2,1-2H3,(H,21,22);1H. The van der Waals surface area contributed by atoms with E-state index in [1.165, 1.54) is 5.69 Å². The molecule has 0 amide bonds. The number of aromatic nitrogens is 3. The van der Waals surface area contributed by atoms with Crippen LogP contribution in [0.5, 0.6) is 5.75 Å². The number of benzene rings is 1. The van der Waals surface area contributed by atoms with Crippen molar-refractivity contribution in [1.82, 2.24) is 25.0 Å². The summed E-state index contributed by atoms with van der Waals surface area (Å²) in [6, 6.07) is 8.30. The number of ether oxygens (including phenoxy) is 1. The molecule has 0 saturated carbocycles. The molecular weight excluding hydrogens is 481 g/mol. The molecule has 160 valence electrons.